The van der Waals surface area contributed by atoms with E-state index in [1.54, 1.807) is 0 Å². The van der Waals surface area contributed by atoms with E-state index in [2.05, 4.69) is 88.4 Å². The summed E-state index contributed by atoms with van der Waals surface area (Å²) in [4.78, 5) is 15.3. The van der Waals surface area contributed by atoms with Crippen LogP contribution in [0.15, 0.2) is 70.5 Å². The first-order valence-electron chi connectivity index (χ1n) is 9.75. The molecule has 2 aromatic rings. The Balaban J connectivity index is 2.15. The summed E-state index contributed by atoms with van der Waals surface area (Å²) in [5.74, 6) is 1.32. The molecule has 0 heterocycles. The fourth-order valence-corrected chi connectivity index (χ4v) is 9.40. The van der Waals surface area contributed by atoms with Gasteiger partial charge in [-0.25, -0.2) is 0 Å². The summed E-state index contributed by atoms with van der Waals surface area (Å²) in [6.45, 7) is 9.17. The smallest absolute Gasteiger partial charge is 0.311 e. The van der Waals surface area contributed by atoms with Crippen LogP contribution >= 0.6 is 10.0 Å². The van der Waals surface area contributed by atoms with Crippen LogP contribution in [0.1, 0.15) is 40.5 Å². The van der Waals surface area contributed by atoms with Crippen LogP contribution in [0.3, 0.4) is 0 Å². The number of ether oxygens (including phenoxy) is 1. The number of methoxy groups -OCH3 is 1. The molecule has 0 saturated heterocycles. The fraction of sp³-hybridized carbons (Fsp3) is 0.458. The number of benzene rings is 2. The second-order valence-corrected chi connectivity index (χ2v) is 12.8. The summed E-state index contributed by atoms with van der Waals surface area (Å²) in [6, 6.07) is 21.9. The molecule has 2 nitrogen and oxygen atoms in total. The molecule has 0 aliphatic heterocycles. The minimum atomic E-state index is -1.35. The van der Waals surface area contributed by atoms with Crippen LogP contribution in [0.2, 0.25) is 0 Å². The van der Waals surface area contributed by atoms with Crippen LogP contribution in [-0.2, 0) is 9.53 Å². The minimum Gasteiger partial charge on any atom is -0.469 e. The number of carbonyl (C=O) groups excluding carboxylic acids is 1. The Morgan fingerprint density at radius 2 is 1.52 bits per heavy atom. The van der Waals surface area contributed by atoms with Crippen LogP contribution in [0.5, 0.6) is 0 Å². The lowest BCUT2D eigenvalue weighted by molar-refractivity contribution is -0.161. The van der Waals surface area contributed by atoms with Gasteiger partial charge in [0.25, 0.3) is 0 Å². The molecule has 146 valence electrons. The molecule has 0 aromatic heterocycles. The maximum atomic E-state index is 12.5. The summed E-state index contributed by atoms with van der Waals surface area (Å²) in [6.07, 6.45) is 2.02. The molecule has 2 atom stereocenters. The van der Waals surface area contributed by atoms with Crippen molar-refractivity contribution in [2.45, 2.75) is 55.1 Å². The average Bonchev–Trinajstić information content (AvgIpc) is 2.67. The Hall–Kier alpha value is -1.74. The number of esters is 1. The lowest BCUT2D eigenvalue weighted by atomic mass is 9.62. The molecule has 1 aliphatic carbocycles. The fourth-order valence-electron chi connectivity index (χ4n) is 4.44. The molecule has 1 fully saturated rings. The summed E-state index contributed by atoms with van der Waals surface area (Å²) in [5, 5.41) is 0. The first kappa shape index (κ1) is 20.0. The van der Waals surface area contributed by atoms with Gasteiger partial charge in [-0.15, -0.1) is 0 Å². The van der Waals surface area contributed by atoms with E-state index in [1.807, 2.05) is 0 Å². The van der Waals surface area contributed by atoms with Gasteiger partial charge in [-0.2, -0.15) is 10.0 Å². The molecule has 0 bridgehead atoms. The molecular formula is C24H32O2S. The van der Waals surface area contributed by atoms with Gasteiger partial charge in [-0.05, 0) is 70.2 Å². The topological polar surface area (TPSA) is 26.3 Å². The molecular weight excluding hydrogens is 352 g/mol. The van der Waals surface area contributed by atoms with Crippen LogP contribution in [0, 0.1) is 11.3 Å². The zero-order valence-electron chi connectivity index (χ0n) is 17.2. The lowest BCUT2D eigenvalue weighted by Crippen LogP contribution is -2.48. The molecule has 3 heteroatoms. The second kappa shape index (κ2) is 7.35. The van der Waals surface area contributed by atoms with Gasteiger partial charge in [0.15, 0.2) is 0 Å². The average molecular weight is 385 g/mol. The van der Waals surface area contributed by atoms with Crippen molar-refractivity contribution < 1.29 is 9.53 Å². The van der Waals surface area contributed by atoms with Gasteiger partial charge in [-0.1, -0.05) is 57.2 Å². The first-order valence-corrected chi connectivity index (χ1v) is 11.5. The van der Waals surface area contributed by atoms with Gasteiger partial charge in [-0.3, -0.25) is 4.79 Å². The zero-order chi connectivity index (χ0) is 19.7. The number of rotatable bonds is 5. The summed E-state index contributed by atoms with van der Waals surface area (Å²) in [5.41, 5.74) is -0.359. The van der Waals surface area contributed by atoms with E-state index in [-0.39, 0.29) is 16.1 Å². The van der Waals surface area contributed by atoms with Crippen molar-refractivity contribution in [3.8, 4) is 0 Å². The van der Waals surface area contributed by atoms with E-state index in [9.17, 15) is 4.79 Å². The quantitative estimate of drug-likeness (QED) is 0.566. The Morgan fingerprint density at radius 1 is 1.04 bits per heavy atom. The van der Waals surface area contributed by atoms with Crippen molar-refractivity contribution in [2.24, 2.45) is 11.3 Å². The molecule has 1 aliphatic rings. The molecule has 0 N–H and O–H groups in total. The van der Waals surface area contributed by atoms with E-state index in [1.165, 1.54) is 16.9 Å². The van der Waals surface area contributed by atoms with Gasteiger partial charge in [0, 0.05) is 0 Å². The highest BCUT2D eigenvalue weighted by molar-refractivity contribution is 8.34. The second-order valence-electron chi connectivity index (χ2n) is 8.79. The molecule has 27 heavy (non-hydrogen) atoms. The third kappa shape index (κ3) is 3.31. The standard InChI is InChI=1S/C24H32O2S/c1-23(2,3)27(20-12-8-6-9-13-20,21-14-10-7-11-15-21)18-19-16-17-24(19,4)22(25)26-5/h6-15,19H,16-18H2,1-5H3/t19-,24+/m0/s1. The van der Waals surface area contributed by atoms with Crippen LogP contribution in [-0.4, -0.2) is 23.6 Å². The highest BCUT2D eigenvalue weighted by Gasteiger charge is 2.53. The molecule has 0 radical (unpaired) electrons. The third-order valence-electron chi connectivity index (χ3n) is 6.35. The number of hydrogen-bond acceptors (Lipinski definition) is 2. The van der Waals surface area contributed by atoms with Crippen molar-refractivity contribution >= 4 is 16.0 Å². The van der Waals surface area contributed by atoms with E-state index < -0.39 is 10.0 Å². The molecule has 3 rings (SSSR count). The minimum absolute atomic E-state index is 0.0536. The Kier molecular flexibility index (Phi) is 5.45. The lowest BCUT2D eigenvalue weighted by Gasteiger charge is -2.57. The Morgan fingerprint density at radius 3 is 1.85 bits per heavy atom. The monoisotopic (exact) mass is 384 g/mol. The van der Waals surface area contributed by atoms with Gasteiger partial charge < -0.3 is 4.74 Å². The number of carbonyl (C=O) groups is 1. The number of hydrogen-bond donors (Lipinski definition) is 0. The van der Waals surface area contributed by atoms with E-state index in [0.29, 0.717) is 5.92 Å². The zero-order valence-corrected chi connectivity index (χ0v) is 18.0. The predicted molar refractivity (Wildman–Crippen MR) is 114 cm³/mol. The highest BCUT2D eigenvalue weighted by atomic mass is 32.3. The van der Waals surface area contributed by atoms with E-state index >= 15 is 0 Å². The molecule has 0 spiro atoms. The Labute approximate surface area is 165 Å². The van der Waals surface area contributed by atoms with Crippen LogP contribution < -0.4 is 0 Å². The summed E-state index contributed by atoms with van der Waals surface area (Å²) in [7, 11) is 0.164. The molecule has 2 aromatic carbocycles. The largest absolute Gasteiger partial charge is 0.469 e. The highest BCUT2D eigenvalue weighted by Crippen LogP contribution is 2.73. The van der Waals surface area contributed by atoms with E-state index in [4.69, 9.17) is 4.74 Å². The molecule has 0 amide bonds. The SMILES string of the molecule is COC(=O)[C@]1(C)CC[C@H]1CS(c1ccccc1)(c1ccccc1)C(C)(C)C. The maximum Gasteiger partial charge on any atom is 0.311 e. The van der Waals surface area contributed by atoms with Crippen molar-refractivity contribution in [1.29, 1.82) is 0 Å². The van der Waals surface area contributed by atoms with Gasteiger partial charge in [0.05, 0.1) is 12.5 Å². The predicted octanol–water partition coefficient (Wildman–Crippen LogP) is 6.30. The summed E-state index contributed by atoms with van der Waals surface area (Å²) >= 11 is 0. The summed E-state index contributed by atoms with van der Waals surface area (Å²) < 4.78 is 5.24. The van der Waals surface area contributed by atoms with Crippen LogP contribution in [0.4, 0.5) is 0 Å². The van der Waals surface area contributed by atoms with Gasteiger partial charge in [0.1, 0.15) is 0 Å². The molecule has 0 unspecified atom stereocenters. The third-order valence-corrected chi connectivity index (χ3v) is 11.5. The van der Waals surface area contributed by atoms with Gasteiger partial charge in [0.2, 0.25) is 0 Å². The van der Waals surface area contributed by atoms with Gasteiger partial charge >= 0.3 is 5.97 Å². The van der Waals surface area contributed by atoms with Crippen molar-refractivity contribution in [3.05, 3.63) is 60.7 Å². The Bertz CT molecular complexity index is 740. The van der Waals surface area contributed by atoms with Crippen molar-refractivity contribution in [1.82, 2.24) is 0 Å². The van der Waals surface area contributed by atoms with Crippen molar-refractivity contribution in [3.63, 3.8) is 0 Å². The molecule has 1 saturated carbocycles. The normalized spacial score (nSPS) is 23.4. The van der Waals surface area contributed by atoms with Crippen LogP contribution in [0.25, 0.3) is 0 Å². The maximum absolute atomic E-state index is 12.5. The van der Waals surface area contributed by atoms with E-state index in [0.717, 1.165) is 18.6 Å². The first-order chi connectivity index (χ1) is 12.8. The van der Waals surface area contributed by atoms with Crippen molar-refractivity contribution in [2.75, 3.05) is 12.9 Å².